The summed E-state index contributed by atoms with van der Waals surface area (Å²) in [6, 6.07) is 0. The maximum atomic E-state index is 9.43. The molecule has 0 radical (unpaired) electrons. The van der Waals surface area contributed by atoms with E-state index in [4.69, 9.17) is 5.11 Å². The smallest absolute Gasteiger partial charge is 0.190 e. The van der Waals surface area contributed by atoms with E-state index < -0.39 is 12.2 Å². The Hall–Kier alpha value is -1.20. The average Bonchev–Trinajstić information content (AvgIpc) is 2.03. The van der Waals surface area contributed by atoms with E-state index in [0.717, 1.165) is 0 Å². The topological polar surface area (TPSA) is 68.1 Å². The van der Waals surface area contributed by atoms with E-state index in [1.54, 1.807) is 18.2 Å². The molecule has 60 valence electrons. The highest BCUT2D eigenvalue weighted by atomic mass is 17.3. The van der Waals surface area contributed by atoms with Crippen LogP contribution in [0.5, 0.6) is 0 Å². The quantitative estimate of drug-likeness (QED) is 0.367. The minimum atomic E-state index is -0.790. The van der Waals surface area contributed by atoms with Crippen LogP contribution in [0.4, 0.5) is 0 Å². The molecule has 0 saturated carbocycles. The number of rotatable bonds is 3. The Kier molecular flexibility index (Phi) is 2.76. The Balaban J connectivity index is 2.38. The Morgan fingerprint density at radius 1 is 1.36 bits per heavy atom. The van der Waals surface area contributed by atoms with E-state index in [1.807, 2.05) is 5.34 Å². The van der Waals surface area contributed by atoms with Gasteiger partial charge in [-0.05, 0) is 6.08 Å². The maximum Gasteiger partial charge on any atom is 0.190 e. The molecule has 0 aromatic carbocycles. The highest BCUT2D eigenvalue weighted by Gasteiger charge is 2.17. The summed E-state index contributed by atoms with van der Waals surface area (Å²) in [6.45, 7) is 0. The molecule has 0 spiro atoms. The summed E-state index contributed by atoms with van der Waals surface area (Å²) in [5.41, 5.74) is 0. The second kappa shape index (κ2) is 3.85. The average molecular weight is 157 g/mol. The zero-order valence-corrected chi connectivity index (χ0v) is 5.58. The SMILES string of the molecule is O=NOO[C@H]1C=CC=C[C@H]1O. The first-order chi connectivity index (χ1) is 5.34. The molecule has 0 saturated heterocycles. The monoisotopic (exact) mass is 157 g/mol. The van der Waals surface area contributed by atoms with Gasteiger partial charge in [0.1, 0.15) is 6.10 Å². The normalized spacial score (nSPS) is 28.5. The third kappa shape index (κ3) is 2.14. The molecular weight excluding hydrogens is 150 g/mol. The fourth-order valence-corrected chi connectivity index (χ4v) is 0.731. The van der Waals surface area contributed by atoms with Gasteiger partial charge in [-0.1, -0.05) is 18.2 Å². The Bertz CT molecular complexity index is 189. The molecular formula is C6H7NO4. The molecule has 0 heterocycles. The van der Waals surface area contributed by atoms with Gasteiger partial charge in [-0.3, -0.25) is 0 Å². The zero-order chi connectivity index (χ0) is 8.10. The van der Waals surface area contributed by atoms with Crippen molar-refractivity contribution in [2.24, 2.45) is 5.34 Å². The fourth-order valence-electron chi connectivity index (χ4n) is 0.731. The van der Waals surface area contributed by atoms with Crippen LogP contribution < -0.4 is 0 Å². The first kappa shape index (κ1) is 7.90. The lowest BCUT2D eigenvalue weighted by atomic mass is 10.1. The van der Waals surface area contributed by atoms with Crippen molar-refractivity contribution in [2.45, 2.75) is 12.2 Å². The van der Waals surface area contributed by atoms with Crippen LogP contribution in [-0.4, -0.2) is 17.3 Å². The van der Waals surface area contributed by atoms with Crippen molar-refractivity contribution >= 4 is 0 Å². The van der Waals surface area contributed by atoms with Gasteiger partial charge >= 0.3 is 0 Å². The summed E-state index contributed by atoms with van der Waals surface area (Å²) in [6.07, 6.45) is 4.96. The number of hydrogen-bond acceptors (Lipinski definition) is 5. The molecule has 1 rings (SSSR count). The Morgan fingerprint density at radius 2 is 2.09 bits per heavy atom. The molecule has 5 heteroatoms. The van der Waals surface area contributed by atoms with Crippen LogP contribution in [0.3, 0.4) is 0 Å². The lowest BCUT2D eigenvalue weighted by molar-refractivity contribution is -0.326. The highest BCUT2D eigenvalue weighted by Crippen LogP contribution is 2.08. The van der Waals surface area contributed by atoms with E-state index >= 15 is 0 Å². The van der Waals surface area contributed by atoms with Crippen LogP contribution in [0.1, 0.15) is 0 Å². The minimum Gasteiger partial charge on any atom is -0.386 e. The lowest BCUT2D eigenvalue weighted by Crippen LogP contribution is -2.26. The van der Waals surface area contributed by atoms with Crippen LogP contribution in [0.2, 0.25) is 0 Å². The van der Waals surface area contributed by atoms with Crippen molar-refractivity contribution in [1.82, 2.24) is 0 Å². The largest absolute Gasteiger partial charge is 0.386 e. The Labute approximate surface area is 62.8 Å². The van der Waals surface area contributed by atoms with E-state index in [0.29, 0.717) is 0 Å². The van der Waals surface area contributed by atoms with Gasteiger partial charge in [-0.25, -0.2) is 0 Å². The maximum absolute atomic E-state index is 9.43. The molecule has 1 aliphatic rings. The number of nitrogens with zero attached hydrogens (tertiary/aromatic N) is 1. The molecule has 0 fully saturated rings. The third-order valence-electron chi connectivity index (χ3n) is 1.24. The van der Waals surface area contributed by atoms with Gasteiger partial charge in [0.25, 0.3) is 0 Å². The molecule has 2 atom stereocenters. The van der Waals surface area contributed by atoms with Crippen LogP contribution in [0.15, 0.2) is 29.6 Å². The first-order valence-corrected chi connectivity index (χ1v) is 3.03. The molecule has 0 aromatic rings. The molecule has 0 bridgehead atoms. The molecule has 0 aromatic heterocycles. The van der Waals surface area contributed by atoms with E-state index in [1.165, 1.54) is 6.08 Å². The highest BCUT2D eigenvalue weighted by molar-refractivity contribution is 5.15. The number of aliphatic hydroxyl groups excluding tert-OH is 1. The van der Waals surface area contributed by atoms with Gasteiger partial charge < -0.3 is 5.11 Å². The molecule has 1 aliphatic carbocycles. The van der Waals surface area contributed by atoms with Crippen molar-refractivity contribution in [3.63, 3.8) is 0 Å². The van der Waals surface area contributed by atoms with Crippen LogP contribution in [0.25, 0.3) is 0 Å². The number of aliphatic hydroxyl groups is 1. The van der Waals surface area contributed by atoms with Gasteiger partial charge in [0, 0.05) is 0 Å². The second-order valence-electron chi connectivity index (χ2n) is 1.97. The summed E-state index contributed by atoms with van der Waals surface area (Å²) < 4.78 is 0. The van der Waals surface area contributed by atoms with Gasteiger partial charge in [0.15, 0.2) is 11.4 Å². The van der Waals surface area contributed by atoms with Crippen molar-refractivity contribution in [2.75, 3.05) is 0 Å². The standard InChI is InChI=1S/C6H7NO4/c8-5-3-1-2-4-6(5)10-11-7-9/h1-6,8H/t5-,6+/m1/s1. The summed E-state index contributed by atoms with van der Waals surface area (Å²) in [5.74, 6) is 0. The van der Waals surface area contributed by atoms with Crippen LogP contribution in [0, 0.1) is 4.91 Å². The third-order valence-corrected chi connectivity index (χ3v) is 1.24. The summed E-state index contributed by atoms with van der Waals surface area (Å²) >= 11 is 0. The van der Waals surface area contributed by atoms with E-state index in [-0.39, 0.29) is 0 Å². The van der Waals surface area contributed by atoms with Crippen molar-refractivity contribution in [1.29, 1.82) is 0 Å². The summed E-state index contributed by atoms with van der Waals surface area (Å²) in [4.78, 5) is 17.6. The predicted molar refractivity (Wildman–Crippen MR) is 36.0 cm³/mol. The lowest BCUT2D eigenvalue weighted by Gasteiger charge is -2.14. The molecule has 11 heavy (non-hydrogen) atoms. The van der Waals surface area contributed by atoms with Crippen LogP contribution >= 0.6 is 0 Å². The molecule has 1 N–H and O–H groups in total. The summed E-state index contributed by atoms with van der Waals surface area (Å²) in [5, 5.41) is 11.1. The van der Waals surface area contributed by atoms with Crippen molar-refractivity contribution < 1.29 is 15.0 Å². The molecule has 5 nitrogen and oxygen atoms in total. The first-order valence-electron chi connectivity index (χ1n) is 3.03. The second-order valence-corrected chi connectivity index (χ2v) is 1.97. The van der Waals surface area contributed by atoms with Gasteiger partial charge in [0.05, 0.1) is 0 Å². The minimum absolute atomic E-state index is 0.655. The number of hydrogen-bond donors (Lipinski definition) is 1. The van der Waals surface area contributed by atoms with Crippen molar-refractivity contribution in [3.05, 3.63) is 29.2 Å². The predicted octanol–water partition coefficient (Wildman–Crippen LogP) is 0.471. The molecule has 0 amide bonds. The molecule has 0 aliphatic heterocycles. The van der Waals surface area contributed by atoms with Gasteiger partial charge in [-0.2, -0.15) is 9.88 Å². The van der Waals surface area contributed by atoms with E-state index in [9.17, 15) is 4.91 Å². The summed E-state index contributed by atoms with van der Waals surface area (Å²) in [7, 11) is 0. The number of allylic oxidation sites excluding steroid dienone is 2. The van der Waals surface area contributed by atoms with E-state index in [2.05, 4.69) is 9.88 Å². The Morgan fingerprint density at radius 3 is 2.73 bits per heavy atom. The molecule has 0 unspecified atom stereocenters. The fraction of sp³-hybridized carbons (Fsp3) is 0.333. The van der Waals surface area contributed by atoms with Crippen molar-refractivity contribution in [3.8, 4) is 0 Å². The van der Waals surface area contributed by atoms with Gasteiger partial charge in [-0.15, -0.1) is 4.91 Å². The van der Waals surface area contributed by atoms with Crippen LogP contribution in [-0.2, 0) is 9.88 Å². The zero-order valence-electron chi connectivity index (χ0n) is 5.58. The van der Waals surface area contributed by atoms with Gasteiger partial charge in [0.2, 0.25) is 0 Å².